The Bertz CT molecular complexity index is 387. The van der Waals surface area contributed by atoms with Crippen molar-refractivity contribution in [2.45, 2.75) is 19.4 Å². The van der Waals surface area contributed by atoms with E-state index in [-0.39, 0.29) is 11.8 Å². The van der Waals surface area contributed by atoms with Gasteiger partial charge in [0.05, 0.1) is 13.2 Å². The minimum atomic E-state index is -0.180. The van der Waals surface area contributed by atoms with Crippen LogP contribution in [0.1, 0.15) is 23.6 Å². The molecule has 0 spiro atoms. The highest BCUT2D eigenvalue weighted by atomic mass is 16.5. The molecule has 15 heavy (non-hydrogen) atoms. The van der Waals surface area contributed by atoms with Crippen LogP contribution >= 0.6 is 0 Å². The van der Waals surface area contributed by atoms with Crippen LogP contribution in [0.2, 0.25) is 0 Å². The van der Waals surface area contributed by atoms with Crippen molar-refractivity contribution in [3.63, 3.8) is 0 Å². The second-order valence-electron chi connectivity index (χ2n) is 3.85. The molecule has 0 saturated carbocycles. The van der Waals surface area contributed by atoms with Gasteiger partial charge in [-0.2, -0.15) is 0 Å². The number of hydrogen-bond donors (Lipinski definition) is 1. The smallest absolute Gasteiger partial charge is 0.155 e. The fraction of sp³-hybridized carbons (Fsp3) is 0.417. The van der Waals surface area contributed by atoms with Gasteiger partial charge in [0, 0.05) is 18.5 Å². The summed E-state index contributed by atoms with van der Waals surface area (Å²) in [5, 5.41) is 3.19. The first-order valence-corrected chi connectivity index (χ1v) is 5.13. The molecule has 0 aliphatic carbocycles. The summed E-state index contributed by atoms with van der Waals surface area (Å²) in [5.74, 6) is 1.04. The summed E-state index contributed by atoms with van der Waals surface area (Å²) in [7, 11) is 1.64. The fourth-order valence-electron chi connectivity index (χ4n) is 1.94. The third-order valence-electron chi connectivity index (χ3n) is 2.74. The van der Waals surface area contributed by atoms with Crippen LogP contribution < -0.4 is 10.1 Å². The van der Waals surface area contributed by atoms with Crippen LogP contribution in [0.25, 0.3) is 0 Å². The van der Waals surface area contributed by atoms with E-state index in [4.69, 9.17) is 4.74 Å². The molecule has 1 N–H and O–H groups in total. The van der Waals surface area contributed by atoms with Crippen LogP contribution in [-0.4, -0.2) is 19.4 Å². The molecule has 80 valence electrons. The van der Waals surface area contributed by atoms with Gasteiger partial charge >= 0.3 is 0 Å². The Kier molecular flexibility index (Phi) is 2.73. The van der Waals surface area contributed by atoms with Crippen molar-refractivity contribution in [2.24, 2.45) is 0 Å². The summed E-state index contributed by atoms with van der Waals surface area (Å²) in [6.07, 6.45) is 0.613. The second kappa shape index (κ2) is 4.03. The molecule has 1 saturated heterocycles. The van der Waals surface area contributed by atoms with Crippen molar-refractivity contribution in [1.29, 1.82) is 0 Å². The van der Waals surface area contributed by atoms with E-state index in [9.17, 15) is 4.79 Å². The van der Waals surface area contributed by atoms with Gasteiger partial charge in [0.25, 0.3) is 0 Å². The fourth-order valence-corrected chi connectivity index (χ4v) is 1.94. The molecule has 1 aliphatic heterocycles. The number of hydrogen-bond acceptors (Lipinski definition) is 3. The van der Waals surface area contributed by atoms with Crippen molar-refractivity contribution in [1.82, 2.24) is 5.32 Å². The number of ether oxygens (including phenoxy) is 1. The molecule has 3 heteroatoms. The lowest BCUT2D eigenvalue weighted by molar-refractivity contribution is -0.118. The highest BCUT2D eigenvalue weighted by Gasteiger charge is 2.27. The average Bonchev–Trinajstić information content (AvgIpc) is 2.64. The van der Waals surface area contributed by atoms with Crippen LogP contribution in [0.3, 0.4) is 0 Å². The molecule has 1 atom stereocenters. The number of rotatable bonds is 2. The molecule has 0 radical (unpaired) electrons. The van der Waals surface area contributed by atoms with Crippen LogP contribution in [0, 0.1) is 6.92 Å². The maximum absolute atomic E-state index is 11.6. The predicted molar refractivity (Wildman–Crippen MR) is 58.1 cm³/mol. The van der Waals surface area contributed by atoms with Gasteiger partial charge in [-0.25, -0.2) is 0 Å². The Balaban J connectivity index is 2.38. The topological polar surface area (TPSA) is 38.3 Å². The first kappa shape index (κ1) is 10.2. The highest BCUT2D eigenvalue weighted by molar-refractivity contribution is 5.88. The van der Waals surface area contributed by atoms with E-state index in [1.807, 2.05) is 25.1 Å². The SMILES string of the molecule is COc1cc(C)ccc1C1NCCC1=O. The molecule has 0 bridgehead atoms. The number of ketones is 1. The first-order valence-electron chi connectivity index (χ1n) is 5.13. The third kappa shape index (κ3) is 1.88. The van der Waals surface area contributed by atoms with Gasteiger partial charge in [-0.1, -0.05) is 12.1 Å². The number of carbonyl (C=O) groups excluding carboxylic acids is 1. The van der Waals surface area contributed by atoms with Gasteiger partial charge in [0.2, 0.25) is 0 Å². The summed E-state index contributed by atoms with van der Waals surface area (Å²) >= 11 is 0. The van der Waals surface area contributed by atoms with Gasteiger partial charge in [0.15, 0.2) is 5.78 Å². The molecule has 1 fully saturated rings. The minimum Gasteiger partial charge on any atom is -0.496 e. The molecular formula is C12H15NO2. The lowest BCUT2D eigenvalue weighted by atomic mass is 10.0. The average molecular weight is 205 g/mol. The molecule has 3 nitrogen and oxygen atoms in total. The normalized spacial score (nSPS) is 20.7. The van der Waals surface area contributed by atoms with Crippen LogP contribution in [-0.2, 0) is 4.79 Å². The number of Topliss-reactive ketones (excluding diaryl/α,β-unsaturated/α-hetero) is 1. The van der Waals surface area contributed by atoms with Crippen molar-refractivity contribution < 1.29 is 9.53 Å². The minimum absolute atomic E-state index is 0.180. The molecular weight excluding hydrogens is 190 g/mol. The molecule has 1 aromatic carbocycles. The Morgan fingerprint density at radius 1 is 1.47 bits per heavy atom. The van der Waals surface area contributed by atoms with E-state index in [0.29, 0.717) is 6.42 Å². The van der Waals surface area contributed by atoms with Gasteiger partial charge in [-0.3, -0.25) is 4.79 Å². The molecule has 1 unspecified atom stereocenters. The number of methoxy groups -OCH3 is 1. The summed E-state index contributed by atoms with van der Waals surface area (Å²) < 4.78 is 5.29. The van der Waals surface area contributed by atoms with Crippen molar-refractivity contribution in [2.75, 3.05) is 13.7 Å². The van der Waals surface area contributed by atoms with Crippen LogP contribution in [0.5, 0.6) is 5.75 Å². The third-order valence-corrected chi connectivity index (χ3v) is 2.74. The molecule has 0 aromatic heterocycles. The zero-order chi connectivity index (χ0) is 10.8. The van der Waals surface area contributed by atoms with E-state index in [2.05, 4.69) is 5.32 Å². The Hall–Kier alpha value is -1.35. The van der Waals surface area contributed by atoms with Gasteiger partial charge < -0.3 is 10.1 Å². The largest absolute Gasteiger partial charge is 0.496 e. The molecule has 1 heterocycles. The first-order chi connectivity index (χ1) is 7.22. The monoisotopic (exact) mass is 205 g/mol. The zero-order valence-corrected chi connectivity index (χ0v) is 9.04. The van der Waals surface area contributed by atoms with Crippen LogP contribution in [0.15, 0.2) is 18.2 Å². The lowest BCUT2D eigenvalue weighted by Crippen LogP contribution is -2.18. The number of benzene rings is 1. The summed E-state index contributed by atoms with van der Waals surface area (Å²) in [6, 6.07) is 5.75. The van der Waals surface area contributed by atoms with E-state index >= 15 is 0 Å². The Morgan fingerprint density at radius 3 is 2.87 bits per heavy atom. The molecule has 2 rings (SSSR count). The van der Waals surface area contributed by atoms with E-state index in [1.165, 1.54) is 0 Å². The van der Waals surface area contributed by atoms with E-state index in [0.717, 1.165) is 23.4 Å². The van der Waals surface area contributed by atoms with Crippen LogP contribution in [0.4, 0.5) is 0 Å². The van der Waals surface area contributed by atoms with Gasteiger partial charge in [-0.05, 0) is 18.6 Å². The molecule has 1 aromatic rings. The number of nitrogens with one attached hydrogen (secondary N) is 1. The van der Waals surface area contributed by atoms with E-state index in [1.54, 1.807) is 7.11 Å². The van der Waals surface area contributed by atoms with Crippen molar-refractivity contribution >= 4 is 5.78 Å². The quantitative estimate of drug-likeness (QED) is 0.797. The van der Waals surface area contributed by atoms with Gasteiger partial charge in [0.1, 0.15) is 5.75 Å². The van der Waals surface area contributed by atoms with Crippen molar-refractivity contribution in [3.05, 3.63) is 29.3 Å². The lowest BCUT2D eigenvalue weighted by Gasteiger charge is -2.14. The zero-order valence-electron chi connectivity index (χ0n) is 9.04. The molecule has 0 amide bonds. The highest BCUT2D eigenvalue weighted by Crippen LogP contribution is 2.29. The summed E-state index contributed by atoms with van der Waals surface area (Å²) in [6.45, 7) is 2.77. The molecule has 1 aliphatic rings. The Labute approximate surface area is 89.4 Å². The predicted octanol–water partition coefficient (Wildman–Crippen LogP) is 1.61. The number of aryl methyl sites for hydroxylation is 1. The van der Waals surface area contributed by atoms with Crippen molar-refractivity contribution in [3.8, 4) is 5.75 Å². The Morgan fingerprint density at radius 2 is 2.27 bits per heavy atom. The summed E-state index contributed by atoms with van der Waals surface area (Å²) in [4.78, 5) is 11.6. The maximum Gasteiger partial charge on any atom is 0.155 e. The second-order valence-corrected chi connectivity index (χ2v) is 3.85. The van der Waals surface area contributed by atoms with Gasteiger partial charge in [-0.15, -0.1) is 0 Å². The summed E-state index contributed by atoms with van der Waals surface area (Å²) in [5.41, 5.74) is 2.09. The van der Waals surface area contributed by atoms with E-state index < -0.39 is 0 Å². The maximum atomic E-state index is 11.6. The number of carbonyl (C=O) groups is 1. The standard InChI is InChI=1S/C12H15NO2/c1-8-3-4-9(11(7-8)15-2)12-10(14)5-6-13-12/h3-4,7,12-13H,5-6H2,1-2H3.